The molecule has 1 saturated carbocycles. The van der Waals surface area contributed by atoms with E-state index < -0.39 is 36.4 Å². The van der Waals surface area contributed by atoms with Gasteiger partial charge >= 0.3 is 0 Å². The maximum absolute atomic E-state index is 10.4. The van der Waals surface area contributed by atoms with E-state index in [-0.39, 0.29) is 11.8 Å². The fourth-order valence-electron chi connectivity index (χ4n) is 3.41. The molecule has 1 aliphatic heterocycles. The molecule has 3 N–H and O–H groups in total. The highest BCUT2D eigenvalue weighted by atomic mass is 35.5. The van der Waals surface area contributed by atoms with E-state index in [1.165, 1.54) is 12.7 Å². The standard InChI is InChI=1S/C12H13ClN4O4/c13-11-6-12(15-2-14-11)17(3-16-6)7-5-4(18)1-21-10(8(5)19)9(7)20/h2-5,7-10,18-20H,1H2/t4-,5+,7-,8-,9+,10+/m1/s1. The van der Waals surface area contributed by atoms with Crippen molar-refractivity contribution in [3.8, 4) is 0 Å². The molecule has 6 atom stereocenters. The molecule has 2 bridgehead atoms. The van der Waals surface area contributed by atoms with Crippen LogP contribution in [-0.4, -0.2) is 65.9 Å². The zero-order valence-electron chi connectivity index (χ0n) is 10.7. The van der Waals surface area contributed by atoms with Gasteiger partial charge in [0.2, 0.25) is 0 Å². The highest BCUT2D eigenvalue weighted by Gasteiger charge is 2.57. The summed E-state index contributed by atoms with van der Waals surface area (Å²) in [5.41, 5.74) is 0.865. The number of aliphatic hydroxyl groups is 3. The minimum Gasteiger partial charge on any atom is -0.390 e. The first-order valence-electron chi connectivity index (χ1n) is 6.58. The lowest BCUT2D eigenvalue weighted by atomic mass is 9.93. The summed E-state index contributed by atoms with van der Waals surface area (Å²) in [7, 11) is 0. The molecule has 2 fully saturated rings. The Morgan fingerprint density at radius 2 is 2.00 bits per heavy atom. The van der Waals surface area contributed by atoms with Crippen molar-refractivity contribution < 1.29 is 20.1 Å². The molecule has 2 aromatic rings. The number of hydrogen-bond acceptors (Lipinski definition) is 7. The molecule has 9 heteroatoms. The second kappa shape index (κ2) is 4.59. The maximum atomic E-state index is 10.4. The highest BCUT2D eigenvalue weighted by Crippen LogP contribution is 2.44. The summed E-state index contributed by atoms with van der Waals surface area (Å²) in [6.45, 7) is 0.0856. The normalized spacial score (nSPS) is 39.0. The maximum Gasteiger partial charge on any atom is 0.165 e. The molecule has 0 unspecified atom stereocenters. The smallest absolute Gasteiger partial charge is 0.165 e. The Morgan fingerprint density at radius 3 is 2.81 bits per heavy atom. The minimum absolute atomic E-state index is 0.0856. The van der Waals surface area contributed by atoms with Crippen LogP contribution < -0.4 is 0 Å². The van der Waals surface area contributed by atoms with Crippen molar-refractivity contribution in [1.82, 2.24) is 19.5 Å². The SMILES string of the molecule is O[C@@H]1[C@H]2OC[C@@H](O)[C@H]([C@H]2O)[C@H]1n1cnc2c(Cl)ncnc21. The van der Waals surface area contributed by atoms with Crippen molar-refractivity contribution in [2.45, 2.75) is 30.5 Å². The minimum atomic E-state index is -0.965. The Bertz CT molecular complexity index is 695. The molecular weight excluding hydrogens is 300 g/mol. The first kappa shape index (κ1) is 13.4. The topological polar surface area (TPSA) is 114 Å². The van der Waals surface area contributed by atoms with Gasteiger partial charge in [0.05, 0.1) is 31.2 Å². The number of ether oxygens (including phenoxy) is 1. The van der Waals surface area contributed by atoms with Crippen LogP contribution in [0, 0.1) is 5.92 Å². The first-order chi connectivity index (χ1) is 10.1. The van der Waals surface area contributed by atoms with Crippen molar-refractivity contribution in [1.29, 1.82) is 0 Å². The summed E-state index contributed by atoms with van der Waals surface area (Å²) < 4.78 is 6.95. The van der Waals surface area contributed by atoms with E-state index in [0.29, 0.717) is 11.2 Å². The molecule has 3 heterocycles. The monoisotopic (exact) mass is 312 g/mol. The van der Waals surface area contributed by atoms with E-state index >= 15 is 0 Å². The van der Waals surface area contributed by atoms with Crippen molar-refractivity contribution in [2.75, 3.05) is 6.61 Å². The van der Waals surface area contributed by atoms with Crippen LogP contribution in [-0.2, 0) is 4.74 Å². The van der Waals surface area contributed by atoms with Crippen LogP contribution in [0.2, 0.25) is 5.15 Å². The molecule has 0 aromatic carbocycles. The molecule has 4 rings (SSSR count). The van der Waals surface area contributed by atoms with Gasteiger partial charge in [-0.25, -0.2) is 15.0 Å². The van der Waals surface area contributed by atoms with Gasteiger partial charge in [-0.2, -0.15) is 0 Å². The number of imidazole rings is 1. The lowest BCUT2D eigenvalue weighted by Gasteiger charge is -2.31. The molecule has 0 spiro atoms. The summed E-state index contributed by atoms with van der Waals surface area (Å²) in [4.78, 5) is 12.1. The second-order valence-electron chi connectivity index (χ2n) is 5.40. The molecule has 0 amide bonds. The predicted octanol–water partition coefficient (Wildman–Crippen LogP) is -0.868. The Labute approximate surface area is 124 Å². The van der Waals surface area contributed by atoms with E-state index in [0.717, 1.165) is 0 Å². The highest BCUT2D eigenvalue weighted by molar-refractivity contribution is 6.33. The predicted molar refractivity (Wildman–Crippen MR) is 70.6 cm³/mol. The number of fused-ring (bicyclic) bond motifs is 3. The average molecular weight is 313 g/mol. The van der Waals surface area contributed by atoms with Crippen LogP contribution in [0.1, 0.15) is 6.04 Å². The number of hydrogen-bond donors (Lipinski definition) is 3. The lowest BCUT2D eigenvalue weighted by Crippen LogP contribution is -2.45. The van der Waals surface area contributed by atoms with Gasteiger partial charge in [0.15, 0.2) is 10.8 Å². The third-order valence-electron chi connectivity index (χ3n) is 4.35. The lowest BCUT2D eigenvalue weighted by molar-refractivity contribution is -0.142. The quantitative estimate of drug-likeness (QED) is 0.587. The van der Waals surface area contributed by atoms with E-state index in [1.807, 2.05) is 0 Å². The number of aliphatic hydroxyl groups excluding tert-OH is 3. The Balaban J connectivity index is 1.86. The van der Waals surface area contributed by atoms with Gasteiger partial charge in [0.25, 0.3) is 0 Å². The number of nitrogens with zero attached hydrogens (tertiary/aromatic N) is 4. The first-order valence-corrected chi connectivity index (χ1v) is 6.96. The van der Waals surface area contributed by atoms with E-state index in [2.05, 4.69) is 15.0 Å². The Morgan fingerprint density at radius 1 is 1.19 bits per heavy atom. The number of halogens is 1. The average Bonchev–Trinajstić information content (AvgIpc) is 2.93. The Hall–Kier alpha value is -1.32. The third-order valence-corrected chi connectivity index (χ3v) is 4.63. The van der Waals surface area contributed by atoms with E-state index in [4.69, 9.17) is 16.3 Å². The van der Waals surface area contributed by atoms with Gasteiger partial charge in [-0.3, -0.25) is 0 Å². The molecule has 112 valence electrons. The summed E-state index contributed by atoms with van der Waals surface area (Å²) in [6.07, 6.45) is -0.707. The fourth-order valence-corrected chi connectivity index (χ4v) is 3.59. The van der Waals surface area contributed by atoms with E-state index in [9.17, 15) is 15.3 Å². The van der Waals surface area contributed by atoms with Crippen LogP contribution in [0.25, 0.3) is 11.2 Å². The summed E-state index contributed by atoms with van der Waals surface area (Å²) >= 11 is 5.97. The molecule has 2 aliphatic rings. The van der Waals surface area contributed by atoms with Crippen LogP contribution in [0.5, 0.6) is 0 Å². The molecule has 1 aliphatic carbocycles. The van der Waals surface area contributed by atoms with Crippen molar-refractivity contribution in [3.63, 3.8) is 0 Å². The van der Waals surface area contributed by atoms with Crippen LogP contribution in [0.4, 0.5) is 0 Å². The van der Waals surface area contributed by atoms with Gasteiger partial charge in [0.1, 0.15) is 24.1 Å². The van der Waals surface area contributed by atoms with E-state index in [1.54, 1.807) is 4.57 Å². The molecule has 8 nitrogen and oxygen atoms in total. The molecule has 21 heavy (non-hydrogen) atoms. The zero-order chi connectivity index (χ0) is 14.7. The third kappa shape index (κ3) is 1.74. The summed E-state index contributed by atoms with van der Waals surface area (Å²) in [6, 6.07) is -0.585. The van der Waals surface area contributed by atoms with Crippen molar-refractivity contribution in [2.24, 2.45) is 5.92 Å². The zero-order valence-corrected chi connectivity index (χ0v) is 11.5. The molecular formula is C12H13ClN4O4. The van der Waals surface area contributed by atoms with Crippen molar-refractivity contribution in [3.05, 3.63) is 17.8 Å². The molecule has 1 saturated heterocycles. The van der Waals surface area contributed by atoms with Gasteiger partial charge in [-0.05, 0) is 0 Å². The number of rotatable bonds is 1. The fraction of sp³-hybridized carbons (Fsp3) is 0.583. The van der Waals surface area contributed by atoms with Gasteiger partial charge in [-0.1, -0.05) is 11.6 Å². The summed E-state index contributed by atoms with van der Waals surface area (Å²) in [5.74, 6) is -0.551. The largest absolute Gasteiger partial charge is 0.390 e. The van der Waals surface area contributed by atoms with Crippen LogP contribution in [0.3, 0.4) is 0 Å². The van der Waals surface area contributed by atoms with Gasteiger partial charge < -0.3 is 24.6 Å². The van der Waals surface area contributed by atoms with Crippen LogP contribution >= 0.6 is 11.6 Å². The van der Waals surface area contributed by atoms with Gasteiger partial charge in [-0.15, -0.1) is 0 Å². The second-order valence-corrected chi connectivity index (χ2v) is 5.76. The summed E-state index contributed by atoms with van der Waals surface area (Å²) in [5, 5.41) is 30.9. The van der Waals surface area contributed by atoms with Crippen molar-refractivity contribution >= 4 is 22.8 Å². The van der Waals surface area contributed by atoms with Crippen LogP contribution in [0.15, 0.2) is 12.7 Å². The number of aromatic nitrogens is 4. The molecule has 2 aromatic heterocycles. The van der Waals surface area contributed by atoms with Gasteiger partial charge in [0, 0.05) is 5.92 Å². The molecule has 0 radical (unpaired) electrons. The Kier molecular flexibility index (Phi) is 2.92.